The van der Waals surface area contributed by atoms with E-state index < -0.39 is 52.9 Å². The van der Waals surface area contributed by atoms with Crippen molar-refractivity contribution >= 4 is 17.7 Å². The summed E-state index contributed by atoms with van der Waals surface area (Å²) in [5, 5.41) is 12.3. The van der Waals surface area contributed by atoms with E-state index in [-0.39, 0.29) is 6.07 Å². The minimum absolute atomic E-state index is 0.0120. The van der Waals surface area contributed by atoms with Crippen LogP contribution in [-0.4, -0.2) is 23.1 Å². The Morgan fingerprint density at radius 3 is 1.95 bits per heavy atom. The molecule has 116 valence electrons. The van der Waals surface area contributed by atoms with Crippen molar-refractivity contribution in [2.24, 2.45) is 5.92 Å². The van der Waals surface area contributed by atoms with Crippen LogP contribution in [0.5, 0.6) is 0 Å². The molecule has 0 aliphatic rings. The zero-order chi connectivity index (χ0) is 16.3. The highest BCUT2D eigenvalue weighted by Gasteiger charge is 2.26. The summed E-state index contributed by atoms with van der Waals surface area (Å²) in [6, 6.07) is -2.66. The number of carbonyl (C=O) groups excluding carboxylic acids is 1. The van der Waals surface area contributed by atoms with Crippen molar-refractivity contribution in [1.82, 2.24) is 5.32 Å². The van der Waals surface area contributed by atoms with E-state index in [1.54, 1.807) is 5.32 Å². The first-order valence-corrected chi connectivity index (χ1v) is 5.78. The third-order valence-electron chi connectivity index (χ3n) is 2.57. The second-order valence-electron chi connectivity index (χ2n) is 4.50. The Bertz CT molecular complexity index is 552. The quantitative estimate of drug-likeness (QED) is 0.590. The summed E-state index contributed by atoms with van der Waals surface area (Å²) in [7, 11) is 0. The number of benzene rings is 1. The van der Waals surface area contributed by atoms with Crippen molar-refractivity contribution in [2.45, 2.75) is 19.9 Å². The Morgan fingerprint density at radius 1 is 1.10 bits per heavy atom. The van der Waals surface area contributed by atoms with Crippen molar-refractivity contribution in [1.29, 1.82) is 0 Å². The minimum atomic E-state index is -1.79. The fourth-order valence-corrected chi connectivity index (χ4v) is 1.49. The highest BCUT2D eigenvalue weighted by Crippen LogP contribution is 2.24. The van der Waals surface area contributed by atoms with Crippen LogP contribution in [-0.2, 0) is 4.79 Å². The van der Waals surface area contributed by atoms with Gasteiger partial charge in [-0.05, 0) is 5.92 Å². The van der Waals surface area contributed by atoms with Gasteiger partial charge in [-0.1, -0.05) is 13.8 Å². The number of hydrogen-bond donors (Lipinski definition) is 3. The maximum Gasteiger partial charge on any atom is 0.326 e. The van der Waals surface area contributed by atoms with E-state index in [0.29, 0.717) is 0 Å². The molecule has 1 aromatic carbocycles. The molecule has 0 aliphatic heterocycles. The van der Waals surface area contributed by atoms with Crippen LogP contribution in [0.1, 0.15) is 13.8 Å². The maximum absolute atomic E-state index is 13.3. The summed E-state index contributed by atoms with van der Waals surface area (Å²) in [6.45, 7) is 2.98. The van der Waals surface area contributed by atoms with E-state index in [2.05, 4.69) is 0 Å². The van der Waals surface area contributed by atoms with E-state index in [0.717, 1.165) is 0 Å². The molecule has 1 rings (SSSR count). The van der Waals surface area contributed by atoms with Crippen LogP contribution >= 0.6 is 0 Å². The topological polar surface area (TPSA) is 78.4 Å². The van der Waals surface area contributed by atoms with Crippen LogP contribution in [0, 0.1) is 29.2 Å². The molecule has 0 spiro atoms. The number of carboxylic acid groups (broad SMARTS) is 1. The van der Waals surface area contributed by atoms with E-state index in [4.69, 9.17) is 5.11 Å². The molecule has 0 saturated heterocycles. The lowest BCUT2D eigenvalue weighted by Crippen LogP contribution is -2.46. The van der Waals surface area contributed by atoms with Gasteiger partial charge in [-0.3, -0.25) is 0 Å². The molecule has 0 aromatic heterocycles. The molecule has 0 fully saturated rings. The largest absolute Gasteiger partial charge is 0.480 e. The number of carboxylic acids is 1. The monoisotopic (exact) mass is 308 g/mol. The summed E-state index contributed by atoms with van der Waals surface area (Å²) in [5.74, 6) is -8.86. The molecular weight excluding hydrogens is 296 g/mol. The second-order valence-corrected chi connectivity index (χ2v) is 4.50. The highest BCUT2D eigenvalue weighted by molar-refractivity contribution is 5.92. The minimum Gasteiger partial charge on any atom is -0.480 e. The summed E-state index contributed by atoms with van der Waals surface area (Å²) in [6.07, 6.45) is 0. The lowest BCUT2D eigenvalue weighted by Gasteiger charge is -2.18. The van der Waals surface area contributed by atoms with Gasteiger partial charge in [0, 0.05) is 6.07 Å². The number of amides is 2. The molecule has 9 heteroatoms. The molecule has 0 saturated carbocycles. The molecule has 0 bridgehead atoms. The summed E-state index contributed by atoms with van der Waals surface area (Å²) < 4.78 is 52.5. The van der Waals surface area contributed by atoms with Gasteiger partial charge in [0.2, 0.25) is 0 Å². The maximum atomic E-state index is 13.3. The van der Waals surface area contributed by atoms with Crippen molar-refractivity contribution in [3.63, 3.8) is 0 Å². The Kier molecular flexibility index (Phi) is 5.12. The van der Waals surface area contributed by atoms with Gasteiger partial charge >= 0.3 is 12.0 Å². The molecule has 0 heterocycles. The predicted molar refractivity (Wildman–Crippen MR) is 64.7 cm³/mol. The standard InChI is InChI=1S/C12H12F4N2O3/c1-4(2)9(11(19)20)17-12(21)18-10-7(15)5(13)3-6(14)8(10)16/h3-4,9H,1-2H3,(H,19,20)(H2,17,18,21). The normalized spacial score (nSPS) is 12.1. The Labute approximate surface area is 117 Å². The van der Waals surface area contributed by atoms with Gasteiger partial charge in [0.25, 0.3) is 0 Å². The fraction of sp³-hybridized carbons (Fsp3) is 0.333. The van der Waals surface area contributed by atoms with Crippen molar-refractivity contribution in [3.8, 4) is 0 Å². The fourth-order valence-electron chi connectivity index (χ4n) is 1.49. The first-order valence-electron chi connectivity index (χ1n) is 5.78. The Balaban J connectivity index is 2.97. The number of nitrogens with one attached hydrogen (secondary N) is 2. The van der Waals surface area contributed by atoms with Crippen LogP contribution in [0.4, 0.5) is 28.0 Å². The first kappa shape index (κ1) is 16.7. The van der Waals surface area contributed by atoms with Crippen molar-refractivity contribution in [2.75, 3.05) is 5.32 Å². The number of hydrogen-bond acceptors (Lipinski definition) is 2. The first-order chi connectivity index (χ1) is 9.65. The number of carbonyl (C=O) groups is 2. The van der Waals surface area contributed by atoms with Crippen LogP contribution in [0.25, 0.3) is 0 Å². The molecule has 3 N–H and O–H groups in total. The third kappa shape index (κ3) is 3.83. The zero-order valence-corrected chi connectivity index (χ0v) is 11.0. The van der Waals surface area contributed by atoms with Crippen LogP contribution in [0.3, 0.4) is 0 Å². The smallest absolute Gasteiger partial charge is 0.326 e. The molecule has 1 aromatic rings. The van der Waals surface area contributed by atoms with Crippen LogP contribution < -0.4 is 10.6 Å². The zero-order valence-electron chi connectivity index (χ0n) is 11.0. The van der Waals surface area contributed by atoms with E-state index in [1.807, 2.05) is 5.32 Å². The van der Waals surface area contributed by atoms with Crippen molar-refractivity contribution < 1.29 is 32.3 Å². The number of aliphatic carboxylic acids is 1. The van der Waals surface area contributed by atoms with Gasteiger partial charge < -0.3 is 15.7 Å². The van der Waals surface area contributed by atoms with Gasteiger partial charge in [-0.15, -0.1) is 0 Å². The van der Waals surface area contributed by atoms with Gasteiger partial charge in [0.15, 0.2) is 23.3 Å². The summed E-state index contributed by atoms with van der Waals surface area (Å²) in [4.78, 5) is 22.4. The Hall–Kier alpha value is -2.32. The number of halogens is 4. The molecular formula is C12H12F4N2O3. The van der Waals surface area contributed by atoms with Crippen molar-refractivity contribution in [3.05, 3.63) is 29.3 Å². The lowest BCUT2D eigenvalue weighted by molar-refractivity contribution is -0.140. The van der Waals surface area contributed by atoms with E-state index in [1.165, 1.54) is 13.8 Å². The summed E-state index contributed by atoms with van der Waals surface area (Å²) >= 11 is 0. The number of anilines is 1. The summed E-state index contributed by atoms with van der Waals surface area (Å²) in [5.41, 5.74) is -1.34. The van der Waals surface area contributed by atoms with E-state index in [9.17, 15) is 27.2 Å². The van der Waals surface area contributed by atoms with Gasteiger partial charge in [-0.25, -0.2) is 27.2 Å². The highest BCUT2D eigenvalue weighted by atomic mass is 19.2. The SMILES string of the molecule is CC(C)C(NC(=O)Nc1c(F)c(F)cc(F)c1F)C(=O)O. The number of rotatable bonds is 4. The second kappa shape index (κ2) is 6.42. The molecule has 5 nitrogen and oxygen atoms in total. The average Bonchev–Trinajstić information content (AvgIpc) is 2.38. The average molecular weight is 308 g/mol. The van der Waals surface area contributed by atoms with Crippen LogP contribution in [0.15, 0.2) is 6.07 Å². The lowest BCUT2D eigenvalue weighted by atomic mass is 10.1. The van der Waals surface area contributed by atoms with Gasteiger partial charge in [0.05, 0.1) is 0 Å². The van der Waals surface area contributed by atoms with E-state index >= 15 is 0 Å². The van der Waals surface area contributed by atoms with Gasteiger partial charge in [-0.2, -0.15) is 0 Å². The molecule has 1 atom stereocenters. The molecule has 0 aliphatic carbocycles. The Morgan fingerprint density at radius 2 is 1.57 bits per heavy atom. The molecule has 1 unspecified atom stereocenters. The molecule has 21 heavy (non-hydrogen) atoms. The number of urea groups is 1. The molecule has 2 amide bonds. The predicted octanol–water partition coefficient (Wildman–Crippen LogP) is 2.47. The molecule has 0 radical (unpaired) electrons. The third-order valence-corrected chi connectivity index (χ3v) is 2.57. The van der Waals surface area contributed by atoms with Gasteiger partial charge in [0.1, 0.15) is 11.7 Å². The van der Waals surface area contributed by atoms with Crippen LogP contribution in [0.2, 0.25) is 0 Å².